The number of hydrogen-bond acceptors (Lipinski definition) is 3. The maximum Gasteiger partial charge on any atom is 0.416 e. The Bertz CT molecular complexity index is 1210. The summed E-state index contributed by atoms with van der Waals surface area (Å²) in [6.45, 7) is 0.512. The molecule has 0 spiro atoms. The van der Waals surface area contributed by atoms with Gasteiger partial charge in [-0.2, -0.15) is 18.4 Å². The number of fused-ring (bicyclic) bond motifs is 1. The van der Waals surface area contributed by atoms with Crippen LogP contribution >= 0.6 is 11.8 Å². The minimum absolute atomic E-state index is 0.322. The molecule has 3 nitrogen and oxygen atoms in total. The summed E-state index contributed by atoms with van der Waals surface area (Å²) in [6.07, 6.45) is -4.41. The van der Waals surface area contributed by atoms with Crippen molar-refractivity contribution < 1.29 is 13.2 Å². The molecule has 0 aliphatic heterocycles. The lowest BCUT2D eigenvalue weighted by Gasteiger charge is -2.10. The quantitative estimate of drug-likeness (QED) is 0.356. The second-order valence-corrected chi connectivity index (χ2v) is 7.71. The minimum atomic E-state index is -4.41. The second kappa shape index (κ2) is 8.25. The smallest absolute Gasteiger partial charge is 0.314 e. The lowest BCUT2D eigenvalue weighted by atomic mass is 10.2. The molecule has 0 N–H and O–H groups in total. The first-order valence-electron chi connectivity index (χ1n) is 9.17. The molecule has 0 saturated heterocycles. The first-order chi connectivity index (χ1) is 14.4. The maximum absolute atomic E-state index is 13.1. The standard InChI is InChI=1S/C23H16F3N3S/c24-23(25,26)19-10-11-21-20(12-19)28-22(29(21)14-17-4-2-1-3-5-17)30-15-18-8-6-16(13-27)7-9-18/h1-12H,14-15H2. The normalized spacial score (nSPS) is 11.5. The number of benzene rings is 3. The van der Waals surface area contributed by atoms with Crippen LogP contribution in [-0.4, -0.2) is 9.55 Å². The Kier molecular flexibility index (Phi) is 5.51. The second-order valence-electron chi connectivity index (χ2n) is 6.76. The van der Waals surface area contributed by atoms with E-state index in [1.807, 2.05) is 47.0 Å². The molecule has 0 atom stereocenters. The molecule has 0 unspecified atom stereocenters. The Labute approximate surface area is 175 Å². The molecule has 0 fully saturated rings. The van der Waals surface area contributed by atoms with Crippen molar-refractivity contribution in [3.63, 3.8) is 0 Å². The van der Waals surface area contributed by atoms with Crippen molar-refractivity contribution in [3.8, 4) is 6.07 Å². The van der Waals surface area contributed by atoms with E-state index in [1.54, 1.807) is 12.1 Å². The van der Waals surface area contributed by atoms with Crippen molar-refractivity contribution in [1.29, 1.82) is 5.26 Å². The van der Waals surface area contributed by atoms with E-state index in [-0.39, 0.29) is 0 Å². The zero-order valence-corrected chi connectivity index (χ0v) is 16.5. The maximum atomic E-state index is 13.1. The first kappa shape index (κ1) is 20.0. The van der Waals surface area contributed by atoms with Gasteiger partial charge in [0.15, 0.2) is 5.16 Å². The van der Waals surface area contributed by atoms with Gasteiger partial charge in [0.25, 0.3) is 0 Å². The third-order valence-corrected chi connectivity index (χ3v) is 5.72. The molecule has 150 valence electrons. The molecule has 1 heterocycles. The summed E-state index contributed by atoms with van der Waals surface area (Å²) in [6, 6.07) is 22.7. The van der Waals surface area contributed by atoms with Crippen LogP contribution in [0.1, 0.15) is 22.3 Å². The van der Waals surface area contributed by atoms with Gasteiger partial charge < -0.3 is 4.57 Å². The van der Waals surface area contributed by atoms with Gasteiger partial charge in [0.2, 0.25) is 0 Å². The van der Waals surface area contributed by atoms with Gasteiger partial charge in [-0.1, -0.05) is 54.2 Å². The highest BCUT2D eigenvalue weighted by Gasteiger charge is 2.31. The number of nitrogens with zero attached hydrogens (tertiary/aromatic N) is 3. The number of thioether (sulfide) groups is 1. The molecule has 3 aromatic carbocycles. The van der Waals surface area contributed by atoms with Crippen LogP contribution in [0, 0.1) is 11.3 Å². The van der Waals surface area contributed by atoms with Crippen molar-refractivity contribution in [1.82, 2.24) is 9.55 Å². The van der Waals surface area contributed by atoms with E-state index in [1.165, 1.54) is 17.8 Å². The lowest BCUT2D eigenvalue weighted by molar-refractivity contribution is -0.137. The van der Waals surface area contributed by atoms with Gasteiger partial charge in [0.1, 0.15) is 0 Å². The number of aromatic nitrogens is 2. The van der Waals surface area contributed by atoms with Crippen LogP contribution in [0.15, 0.2) is 78.0 Å². The average Bonchev–Trinajstić information content (AvgIpc) is 3.09. The molecule has 0 bridgehead atoms. The Morgan fingerprint density at radius 3 is 2.33 bits per heavy atom. The van der Waals surface area contributed by atoms with Crippen LogP contribution in [0.4, 0.5) is 13.2 Å². The Morgan fingerprint density at radius 1 is 0.933 bits per heavy atom. The summed E-state index contributed by atoms with van der Waals surface area (Å²) >= 11 is 1.46. The van der Waals surface area contributed by atoms with Crippen LogP contribution in [0.2, 0.25) is 0 Å². The van der Waals surface area contributed by atoms with Crippen LogP contribution in [0.3, 0.4) is 0 Å². The number of halogens is 3. The van der Waals surface area contributed by atoms with Gasteiger partial charge in [-0.3, -0.25) is 0 Å². The van der Waals surface area contributed by atoms with Crippen molar-refractivity contribution in [2.75, 3.05) is 0 Å². The highest BCUT2D eigenvalue weighted by Crippen LogP contribution is 2.33. The Balaban J connectivity index is 1.69. The zero-order valence-electron chi connectivity index (χ0n) is 15.7. The van der Waals surface area contributed by atoms with Crippen LogP contribution in [0.25, 0.3) is 11.0 Å². The van der Waals surface area contributed by atoms with Gasteiger partial charge in [-0.25, -0.2) is 4.98 Å². The third-order valence-electron chi connectivity index (χ3n) is 4.68. The van der Waals surface area contributed by atoms with Crippen molar-refractivity contribution in [3.05, 3.63) is 95.1 Å². The predicted molar refractivity (Wildman–Crippen MR) is 111 cm³/mol. The molecule has 0 aliphatic carbocycles. The van der Waals surface area contributed by atoms with Crippen molar-refractivity contribution in [2.45, 2.75) is 23.6 Å². The number of alkyl halides is 3. The summed E-state index contributed by atoms with van der Waals surface area (Å²) in [4.78, 5) is 4.51. The molecule has 4 aromatic rings. The fourth-order valence-electron chi connectivity index (χ4n) is 3.14. The number of imidazole rings is 1. The highest BCUT2D eigenvalue weighted by atomic mass is 32.2. The monoisotopic (exact) mass is 423 g/mol. The average molecular weight is 423 g/mol. The van der Waals surface area contributed by atoms with E-state index in [4.69, 9.17) is 5.26 Å². The Morgan fingerprint density at radius 2 is 1.67 bits per heavy atom. The number of hydrogen-bond donors (Lipinski definition) is 0. The highest BCUT2D eigenvalue weighted by molar-refractivity contribution is 7.98. The van der Waals surface area contributed by atoms with Crippen LogP contribution in [-0.2, 0) is 18.5 Å². The largest absolute Gasteiger partial charge is 0.416 e. The summed E-state index contributed by atoms with van der Waals surface area (Å²) in [5.74, 6) is 0.593. The molecule has 0 amide bonds. The van der Waals surface area contributed by atoms with Crippen LogP contribution < -0.4 is 0 Å². The molecular formula is C23H16F3N3S. The number of rotatable bonds is 5. The van der Waals surface area contributed by atoms with Crippen LogP contribution in [0.5, 0.6) is 0 Å². The van der Waals surface area contributed by atoms with Gasteiger partial charge >= 0.3 is 6.18 Å². The predicted octanol–water partition coefficient (Wildman–Crippen LogP) is 6.27. The molecule has 0 radical (unpaired) electrons. The van der Waals surface area contributed by atoms with Crippen molar-refractivity contribution >= 4 is 22.8 Å². The molecule has 1 aromatic heterocycles. The molecule has 0 aliphatic rings. The van der Waals surface area contributed by atoms with E-state index < -0.39 is 11.7 Å². The summed E-state index contributed by atoms with van der Waals surface area (Å²) in [5, 5.41) is 9.58. The topological polar surface area (TPSA) is 41.6 Å². The molecule has 0 saturated carbocycles. The van der Waals surface area contributed by atoms with E-state index in [9.17, 15) is 13.2 Å². The first-order valence-corrected chi connectivity index (χ1v) is 10.2. The molecule has 30 heavy (non-hydrogen) atoms. The van der Waals surface area contributed by atoms with Gasteiger partial charge in [-0.05, 0) is 41.5 Å². The Hall–Kier alpha value is -3.24. The zero-order chi connectivity index (χ0) is 21.1. The van der Waals surface area contributed by atoms with E-state index in [0.29, 0.717) is 34.1 Å². The van der Waals surface area contributed by atoms with Gasteiger partial charge in [-0.15, -0.1) is 0 Å². The van der Waals surface area contributed by atoms with Crippen molar-refractivity contribution in [2.24, 2.45) is 0 Å². The summed E-state index contributed by atoms with van der Waals surface area (Å²) in [5.41, 5.74) is 2.91. The third kappa shape index (κ3) is 4.34. The minimum Gasteiger partial charge on any atom is -0.314 e. The molecular weight excluding hydrogens is 407 g/mol. The SMILES string of the molecule is N#Cc1ccc(CSc2nc3cc(C(F)(F)F)ccc3n2Cc2ccccc2)cc1. The summed E-state index contributed by atoms with van der Waals surface area (Å²) < 4.78 is 41.4. The van der Waals surface area contributed by atoms with E-state index in [2.05, 4.69) is 11.1 Å². The fourth-order valence-corrected chi connectivity index (χ4v) is 4.11. The molecule has 4 rings (SSSR count). The van der Waals surface area contributed by atoms with E-state index in [0.717, 1.165) is 23.3 Å². The fraction of sp³-hybridized carbons (Fsp3) is 0.130. The summed E-state index contributed by atoms with van der Waals surface area (Å²) in [7, 11) is 0. The molecule has 7 heteroatoms. The number of nitriles is 1. The lowest BCUT2D eigenvalue weighted by Crippen LogP contribution is -2.05. The van der Waals surface area contributed by atoms with E-state index >= 15 is 0 Å². The van der Waals surface area contributed by atoms with Gasteiger partial charge in [0.05, 0.1) is 34.8 Å². The van der Waals surface area contributed by atoms with Gasteiger partial charge in [0, 0.05) is 5.75 Å².